The monoisotopic (exact) mass is 429 g/mol. The van der Waals surface area contributed by atoms with Gasteiger partial charge in [0.2, 0.25) is 0 Å². The number of benzene rings is 2. The van der Waals surface area contributed by atoms with Gasteiger partial charge in [0.1, 0.15) is 0 Å². The third kappa shape index (κ3) is 5.21. The second-order valence-electron chi connectivity index (χ2n) is 6.16. The maximum Gasteiger partial charge on any atom is 0.270 e. The zero-order valence-corrected chi connectivity index (χ0v) is 17.1. The number of nitrogens with zero attached hydrogens (tertiary/aromatic N) is 4. The van der Waals surface area contributed by atoms with E-state index < -0.39 is 4.92 Å². The average Bonchev–Trinajstić information content (AvgIpc) is 3.03. The molecule has 148 valence electrons. The van der Waals surface area contributed by atoms with Crippen LogP contribution in [0.4, 0.5) is 11.4 Å². The molecule has 1 fully saturated rings. The van der Waals surface area contributed by atoms with E-state index >= 15 is 0 Å². The lowest BCUT2D eigenvalue weighted by molar-refractivity contribution is -0.384. The van der Waals surface area contributed by atoms with Crippen molar-refractivity contribution >= 4 is 58.1 Å². The molecule has 1 aliphatic heterocycles. The van der Waals surface area contributed by atoms with Crippen LogP contribution in [-0.2, 0) is 4.79 Å². The van der Waals surface area contributed by atoms with Gasteiger partial charge in [-0.1, -0.05) is 23.7 Å². The molecule has 1 heterocycles. The van der Waals surface area contributed by atoms with E-state index in [2.05, 4.69) is 15.5 Å². The van der Waals surface area contributed by atoms with E-state index in [9.17, 15) is 14.9 Å². The van der Waals surface area contributed by atoms with E-state index in [1.165, 1.54) is 24.3 Å². The zero-order chi connectivity index (χ0) is 21.0. The Labute approximate surface area is 176 Å². The summed E-state index contributed by atoms with van der Waals surface area (Å²) in [7, 11) is 3.92. The highest BCUT2D eigenvalue weighted by Gasteiger charge is 2.24. The lowest BCUT2D eigenvalue weighted by Crippen LogP contribution is -2.19. The Morgan fingerprint density at radius 1 is 1.21 bits per heavy atom. The number of rotatable bonds is 5. The molecule has 1 aliphatic rings. The largest absolute Gasteiger partial charge is 0.378 e. The number of anilines is 1. The molecule has 1 saturated heterocycles. The molecule has 0 aromatic heterocycles. The van der Waals surface area contributed by atoms with Crippen LogP contribution in [0.5, 0.6) is 0 Å². The zero-order valence-electron chi connectivity index (χ0n) is 15.5. The number of amides is 1. The first kappa shape index (κ1) is 20.6. The summed E-state index contributed by atoms with van der Waals surface area (Å²) in [6.45, 7) is 0. The molecule has 0 unspecified atom stereocenters. The molecule has 0 radical (unpaired) electrons. The summed E-state index contributed by atoms with van der Waals surface area (Å²) in [5.41, 5.74) is 2.21. The number of halogens is 1. The molecule has 0 saturated carbocycles. The topological polar surface area (TPSA) is 100 Å². The van der Waals surface area contributed by atoms with Crippen molar-refractivity contribution in [2.45, 2.75) is 0 Å². The van der Waals surface area contributed by atoms with Crippen molar-refractivity contribution in [1.29, 1.82) is 0 Å². The van der Waals surface area contributed by atoms with Crippen LogP contribution in [0.15, 0.2) is 57.6 Å². The third-order valence-corrected chi connectivity index (χ3v) is 5.14. The van der Waals surface area contributed by atoms with Gasteiger partial charge in [0.25, 0.3) is 11.6 Å². The second-order valence-corrected chi connectivity index (χ2v) is 7.60. The van der Waals surface area contributed by atoms with Crippen LogP contribution in [0.1, 0.15) is 11.1 Å². The predicted molar refractivity (Wildman–Crippen MR) is 118 cm³/mol. The van der Waals surface area contributed by atoms with Gasteiger partial charge in [0.05, 0.1) is 16.0 Å². The summed E-state index contributed by atoms with van der Waals surface area (Å²) in [5.74, 6) is -0.373. The number of hydrogen-bond acceptors (Lipinski definition) is 7. The maximum atomic E-state index is 12.1. The smallest absolute Gasteiger partial charge is 0.270 e. The quantitative estimate of drug-likeness (QED) is 0.336. The fourth-order valence-electron chi connectivity index (χ4n) is 2.38. The van der Waals surface area contributed by atoms with Gasteiger partial charge in [-0.25, -0.2) is 0 Å². The summed E-state index contributed by atoms with van der Waals surface area (Å²) >= 11 is 7.16. The van der Waals surface area contributed by atoms with Gasteiger partial charge >= 0.3 is 0 Å². The molecule has 0 spiro atoms. The fourth-order valence-corrected chi connectivity index (χ4v) is 3.32. The van der Waals surface area contributed by atoms with Gasteiger partial charge in [-0.15, -0.1) is 5.10 Å². The number of nitro benzene ring substituents is 1. The number of non-ortho nitro benzene ring substituents is 1. The average molecular weight is 430 g/mol. The Balaban J connectivity index is 1.73. The van der Waals surface area contributed by atoms with Gasteiger partial charge in [0, 0.05) is 42.5 Å². The van der Waals surface area contributed by atoms with Gasteiger partial charge in [-0.2, -0.15) is 5.10 Å². The van der Waals surface area contributed by atoms with Crippen molar-refractivity contribution in [3.63, 3.8) is 0 Å². The molecule has 1 amide bonds. The fraction of sp³-hybridized carbons (Fsp3) is 0.105. The van der Waals surface area contributed by atoms with Crippen molar-refractivity contribution in [1.82, 2.24) is 5.32 Å². The number of carbonyl (C=O) groups is 1. The SMILES string of the molecule is CN(C)c1ccc(/C=N/N=C2/NC(=O)/C(=C\c3cc([N+](=O)[O-])ccc3Cl)S2)cc1. The van der Waals surface area contributed by atoms with Crippen molar-refractivity contribution in [3.8, 4) is 0 Å². The number of nitro groups is 1. The van der Waals surface area contributed by atoms with Crippen LogP contribution >= 0.6 is 23.4 Å². The number of carbonyl (C=O) groups excluding carboxylic acids is 1. The molecule has 0 atom stereocenters. The lowest BCUT2D eigenvalue weighted by Gasteiger charge is -2.11. The maximum absolute atomic E-state index is 12.1. The minimum Gasteiger partial charge on any atom is -0.378 e. The van der Waals surface area contributed by atoms with E-state index in [-0.39, 0.29) is 11.6 Å². The van der Waals surface area contributed by atoms with Crippen molar-refractivity contribution in [2.24, 2.45) is 10.2 Å². The Hall–Kier alpha value is -3.17. The Bertz CT molecular complexity index is 1050. The van der Waals surface area contributed by atoms with Crippen molar-refractivity contribution in [2.75, 3.05) is 19.0 Å². The lowest BCUT2D eigenvalue weighted by atomic mass is 10.2. The summed E-state index contributed by atoms with van der Waals surface area (Å²) in [5, 5.41) is 22.2. The van der Waals surface area contributed by atoms with Crippen molar-refractivity contribution < 1.29 is 9.72 Å². The molecule has 2 aromatic carbocycles. The minimum absolute atomic E-state index is 0.108. The van der Waals surface area contributed by atoms with Crippen LogP contribution < -0.4 is 10.2 Å². The molecular formula is C19H16ClN5O3S. The molecule has 3 rings (SSSR count). The number of hydrogen-bond donors (Lipinski definition) is 1. The first-order valence-corrected chi connectivity index (χ1v) is 9.56. The van der Waals surface area contributed by atoms with Gasteiger partial charge in [0.15, 0.2) is 5.17 Å². The van der Waals surface area contributed by atoms with E-state index in [0.717, 1.165) is 23.0 Å². The summed E-state index contributed by atoms with van der Waals surface area (Å²) in [4.78, 5) is 24.9. The predicted octanol–water partition coefficient (Wildman–Crippen LogP) is 3.91. The molecule has 8 nitrogen and oxygen atoms in total. The van der Waals surface area contributed by atoms with Crippen LogP contribution in [0.3, 0.4) is 0 Å². The summed E-state index contributed by atoms with van der Waals surface area (Å²) in [6, 6.07) is 11.8. The molecule has 10 heteroatoms. The minimum atomic E-state index is -0.521. The molecule has 0 aliphatic carbocycles. The molecule has 1 N–H and O–H groups in total. The number of thioether (sulfide) groups is 1. The first-order chi connectivity index (χ1) is 13.8. The highest BCUT2D eigenvalue weighted by Crippen LogP contribution is 2.30. The van der Waals surface area contributed by atoms with Gasteiger partial charge < -0.3 is 4.90 Å². The van der Waals surface area contributed by atoms with E-state index in [1.54, 1.807) is 6.21 Å². The first-order valence-electron chi connectivity index (χ1n) is 8.37. The van der Waals surface area contributed by atoms with Gasteiger partial charge in [-0.05, 0) is 41.6 Å². The normalized spacial score (nSPS) is 16.6. The number of amidine groups is 1. The van der Waals surface area contributed by atoms with Crippen LogP contribution in [-0.4, -0.2) is 36.3 Å². The molecule has 2 aromatic rings. The third-order valence-electron chi connectivity index (χ3n) is 3.89. The van der Waals surface area contributed by atoms with Crippen LogP contribution in [0.25, 0.3) is 6.08 Å². The van der Waals surface area contributed by atoms with Crippen molar-refractivity contribution in [3.05, 3.63) is 73.6 Å². The molecule has 29 heavy (non-hydrogen) atoms. The Morgan fingerprint density at radius 3 is 2.59 bits per heavy atom. The van der Waals surface area contributed by atoms with E-state index in [4.69, 9.17) is 11.6 Å². The summed E-state index contributed by atoms with van der Waals surface area (Å²) < 4.78 is 0. The van der Waals surface area contributed by atoms with Crippen LogP contribution in [0.2, 0.25) is 5.02 Å². The van der Waals surface area contributed by atoms with Gasteiger partial charge in [-0.3, -0.25) is 20.2 Å². The second kappa shape index (κ2) is 8.89. The van der Waals surface area contributed by atoms with Crippen LogP contribution in [0, 0.1) is 10.1 Å². The Kier molecular flexibility index (Phi) is 6.30. The molecular weight excluding hydrogens is 414 g/mol. The number of nitrogens with one attached hydrogen (secondary N) is 1. The Morgan fingerprint density at radius 2 is 1.93 bits per heavy atom. The highest BCUT2D eigenvalue weighted by atomic mass is 35.5. The highest BCUT2D eigenvalue weighted by molar-refractivity contribution is 8.18. The van der Waals surface area contributed by atoms with E-state index in [1.807, 2.05) is 43.3 Å². The summed E-state index contributed by atoms with van der Waals surface area (Å²) in [6.07, 6.45) is 3.07. The standard InChI is InChI=1S/C19H16ClN5O3S/c1-24(2)14-5-3-12(4-6-14)11-21-23-19-22-18(26)17(29-19)10-13-9-15(25(27)28)7-8-16(13)20/h3-11H,1-2H3,(H,22,23,26)/b17-10+,21-11+. The van der Waals surface area contributed by atoms with E-state index in [0.29, 0.717) is 20.7 Å². The molecule has 0 bridgehead atoms.